The van der Waals surface area contributed by atoms with Gasteiger partial charge in [-0.05, 0) is 46.2 Å². The summed E-state index contributed by atoms with van der Waals surface area (Å²) < 4.78 is 5.77. The average molecular weight is 323 g/mol. The Balaban J connectivity index is 2.07. The van der Waals surface area contributed by atoms with Crippen LogP contribution >= 0.6 is 15.9 Å². The van der Waals surface area contributed by atoms with Gasteiger partial charge in [0.25, 0.3) is 5.91 Å². The molecule has 100 valence electrons. The molecule has 0 unspecified atom stereocenters. The Morgan fingerprint density at radius 1 is 1.37 bits per heavy atom. The molecular formula is C14H15BrN2O2. The molecule has 2 aromatic rings. The third kappa shape index (κ3) is 3.68. The molecule has 1 aromatic carbocycles. The van der Waals surface area contributed by atoms with Crippen LogP contribution in [0.1, 0.15) is 23.0 Å². The predicted molar refractivity (Wildman–Crippen MR) is 78.2 cm³/mol. The first-order valence-corrected chi connectivity index (χ1v) is 6.84. The van der Waals surface area contributed by atoms with Crippen LogP contribution < -0.4 is 10.6 Å². The van der Waals surface area contributed by atoms with Crippen LogP contribution in [0, 0.1) is 0 Å². The molecule has 1 heterocycles. The fourth-order valence-corrected chi connectivity index (χ4v) is 2.05. The standard InChI is InChI=1S/C14H15BrN2O2/c1-2-16-9-10-4-3-5-11(8-10)17-14(18)13-12(15)6-7-19-13/h3-8,16H,2,9H2,1H3,(H,17,18). The minimum atomic E-state index is -0.266. The van der Waals surface area contributed by atoms with Crippen molar-refractivity contribution < 1.29 is 9.21 Å². The van der Waals surface area contributed by atoms with Gasteiger partial charge < -0.3 is 15.1 Å². The monoisotopic (exact) mass is 322 g/mol. The minimum Gasteiger partial charge on any atom is -0.458 e. The van der Waals surface area contributed by atoms with E-state index in [1.165, 1.54) is 6.26 Å². The van der Waals surface area contributed by atoms with E-state index in [0.717, 1.165) is 24.3 Å². The Morgan fingerprint density at radius 2 is 2.21 bits per heavy atom. The van der Waals surface area contributed by atoms with Gasteiger partial charge in [0.2, 0.25) is 5.76 Å². The molecule has 0 aliphatic heterocycles. The molecule has 5 heteroatoms. The van der Waals surface area contributed by atoms with Gasteiger partial charge in [0, 0.05) is 12.2 Å². The zero-order chi connectivity index (χ0) is 13.7. The van der Waals surface area contributed by atoms with E-state index in [-0.39, 0.29) is 11.7 Å². The van der Waals surface area contributed by atoms with Gasteiger partial charge in [0.1, 0.15) is 0 Å². The quantitative estimate of drug-likeness (QED) is 0.887. The van der Waals surface area contributed by atoms with Gasteiger partial charge in [0.05, 0.1) is 10.7 Å². The highest BCUT2D eigenvalue weighted by Crippen LogP contribution is 2.19. The minimum absolute atomic E-state index is 0.266. The predicted octanol–water partition coefficient (Wildman–Crippen LogP) is 3.40. The first kappa shape index (κ1) is 13.8. The third-order valence-corrected chi connectivity index (χ3v) is 3.21. The van der Waals surface area contributed by atoms with Crippen molar-refractivity contribution in [1.29, 1.82) is 0 Å². The number of carbonyl (C=O) groups excluding carboxylic acids is 1. The summed E-state index contributed by atoms with van der Waals surface area (Å²) in [5, 5.41) is 6.05. The van der Waals surface area contributed by atoms with E-state index in [1.54, 1.807) is 6.07 Å². The van der Waals surface area contributed by atoms with Gasteiger partial charge in [-0.2, -0.15) is 0 Å². The molecule has 0 saturated carbocycles. The molecule has 0 atom stereocenters. The van der Waals surface area contributed by atoms with Gasteiger partial charge in [-0.15, -0.1) is 0 Å². The molecule has 0 spiro atoms. The summed E-state index contributed by atoms with van der Waals surface area (Å²) in [6, 6.07) is 9.42. The second-order valence-corrected chi connectivity index (χ2v) is 4.89. The number of hydrogen-bond donors (Lipinski definition) is 2. The number of carbonyl (C=O) groups is 1. The molecule has 0 saturated heterocycles. The highest BCUT2D eigenvalue weighted by molar-refractivity contribution is 9.10. The number of furan rings is 1. The lowest BCUT2D eigenvalue weighted by molar-refractivity contribution is 0.0995. The van der Waals surface area contributed by atoms with Crippen molar-refractivity contribution in [2.75, 3.05) is 11.9 Å². The molecule has 0 fully saturated rings. The Morgan fingerprint density at radius 3 is 2.89 bits per heavy atom. The summed E-state index contributed by atoms with van der Waals surface area (Å²) in [4.78, 5) is 12.0. The Hall–Kier alpha value is -1.59. The molecule has 0 aliphatic rings. The van der Waals surface area contributed by atoms with Crippen molar-refractivity contribution >= 4 is 27.5 Å². The summed E-state index contributed by atoms with van der Waals surface area (Å²) in [5.74, 6) is 0.00885. The maximum absolute atomic E-state index is 12.0. The third-order valence-electron chi connectivity index (χ3n) is 2.59. The zero-order valence-electron chi connectivity index (χ0n) is 10.6. The molecule has 0 bridgehead atoms. The van der Waals surface area contributed by atoms with Crippen molar-refractivity contribution in [3.05, 3.63) is 52.4 Å². The van der Waals surface area contributed by atoms with E-state index in [4.69, 9.17) is 4.42 Å². The number of benzene rings is 1. The molecule has 19 heavy (non-hydrogen) atoms. The summed E-state index contributed by atoms with van der Waals surface area (Å²) in [6.07, 6.45) is 1.47. The SMILES string of the molecule is CCNCc1cccc(NC(=O)c2occc2Br)c1. The zero-order valence-corrected chi connectivity index (χ0v) is 12.2. The largest absolute Gasteiger partial charge is 0.458 e. The van der Waals surface area contributed by atoms with Crippen LogP contribution in [-0.4, -0.2) is 12.5 Å². The highest BCUT2D eigenvalue weighted by Gasteiger charge is 2.13. The van der Waals surface area contributed by atoms with Crippen LogP contribution in [0.2, 0.25) is 0 Å². The molecule has 0 aliphatic carbocycles. The van der Waals surface area contributed by atoms with Crippen molar-refractivity contribution in [1.82, 2.24) is 5.32 Å². The lowest BCUT2D eigenvalue weighted by Gasteiger charge is -2.07. The number of nitrogens with one attached hydrogen (secondary N) is 2. The van der Waals surface area contributed by atoms with E-state index in [0.29, 0.717) is 4.47 Å². The number of rotatable bonds is 5. The summed E-state index contributed by atoms with van der Waals surface area (Å²) in [7, 11) is 0. The van der Waals surface area contributed by atoms with Gasteiger partial charge in [-0.1, -0.05) is 19.1 Å². The maximum Gasteiger partial charge on any atom is 0.292 e. The molecule has 4 nitrogen and oxygen atoms in total. The normalized spacial score (nSPS) is 10.4. The first-order valence-electron chi connectivity index (χ1n) is 6.04. The van der Waals surface area contributed by atoms with Crippen LogP contribution in [0.3, 0.4) is 0 Å². The Kier molecular flexibility index (Phi) is 4.76. The lowest BCUT2D eigenvalue weighted by atomic mass is 10.2. The van der Waals surface area contributed by atoms with E-state index in [9.17, 15) is 4.79 Å². The van der Waals surface area contributed by atoms with Gasteiger partial charge in [-0.3, -0.25) is 4.79 Å². The summed E-state index contributed by atoms with van der Waals surface area (Å²) in [6.45, 7) is 3.75. The van der Waals surface area contributed by atoms with Crippen LogP contribution in [0.4, 0.5) is 5.69 Å². The van der Waals surface area contributed by atoms with E-state index < -0.39 is 0 Å². The van der Waals surface area contributed by atoms with Crippen molar-refractivity contribution in [2.24, 2.45) is 0 Å². The second kappa shape index (κ2) is 6.54. The number of halogens is 1. The fraction of sp³-hybridized carbons (Fsp3) is 0.214. The molecule has 1 amide bonds. The van der Waals surface area contributed by atoms with Crippen molar-refractivity contribution in [3.63, 3.8) is 0 Å². The molecule has 0 radical (unpaired) electrons. The number of hydrogen-bond acceptors (Lipinski definition) is 3. The molecular weight excluding hydrogens is 308 g/mol. The Bertz CT molecular complexity index is 566. The number of amides is 1. The Labute approximate surface area is 120 Å². The van der Waals surface area contributed by atoms with Crippen LogP contribution in [-0.2, 0) is 6.54 Å². The molecule has 1 aromatic heterocycles. The average Bonchev–Trinajstić information content (AvgIpc) is 2.83. The van der Waals surface area contributed by atoms with Crippen LogP contribution in [0.15, 0.2) is 45.5 Å². The van der Waals surface area contributed by atoms with Crippen LogP contribution in [0.25, 0.3) is 0 Å². The first-order chi connectivity index (χ1) is 9.20. The fourth-order valence-electron chi connectivity index (χ4n) is 1.67. The number of anilines is 1. The molecule has 2 rings (SSSR count). The van der Waals surface area contributed by atoms with Gasteiger partial charge in [-0.25, -0.2) is 0 Å². The van der Waals surface area contributed by atoms with E-state index in [1.807, 2.05) is 24.3 Å². The van der Waals surface area contributed by atoms with Crippen molar-refractivity contribution in [2.45, 2.75) is 13.5 Å². The smallest absolute Gasteiger partial charge is 0.292 e. The van der Waals surface area contributed by atoms with Crippen LogP contribution in [0.5, 0.6) is 0 Å². The summed E-state index contributed by atoms with van der Waals surface area (Å²) in [5.41, 5.74) is 1.88. The van der Waals surface area contributed by atoms with Crippen molar-refractivity contribution in [3.8, 4) is 0 Å². The van der Waals surface area contributed by atoms with Gasteiger partial charge >= 0.3 is 0 Å². The topological polar surface area (TPSA) is 54.3 Å². The summed E-state index contributed by atoms with van der Waals surface area (Å²) >= 11 is 3.26. The highest BCUT2D eigenvalue weighted by atomic mass is 79.9. The molecule has 2 N–H and O–H groups in total. The van der Waals surface area contributed by atoms with E-state index >= 15 is 0 Å². The second-order valence-electron chi connectivity index (χ2n) is 4.03. The van der Waals surface area contributed by atoms with Gasteiger partial charge in [0.15, 0.2) is 0 Å². The lowest BCUT2D eigenvalue weighted by Crippen LogP contribution is -2.13. The van der Waals surface area contributed by atoms with E-state index in [2.05, 4.69) is 33.5 Å². The maximum atomic E-state index is 12.0.